The van der Waals surface area contributed by atoms with Gasteiger partial charge in [0.15, 0.2) is 0 Å². The van der Waals surface area contributed by atoms with Gasteiger partial charge in [0.25, 0.3) is 0 Å². The highest BCUT2D eigenvalue weighted by Gasteiger charge is 2.10. The number of rotatable bonds is 4. The highest BCUT2D eigenvalue weighted by molar-refractivity contribution is 9.09. The van der Waals surface area contributed by atoms with E-state index in [4.69, 9.17) is 4.74 Å². The summed E-state index contributed by atoms with van der Waals surface area (Å²) < 4.78 is 5.38. The maximum Gasteiger partial charge on any atom is 0.122 e. The van der Waals surface area contributed by atoms with Gasteiger partial charge in [-0.05, 0) is 43.0 Å². The topological polar surface area (TPSA) is 9.23 Å². The van der Waals surface area contributed by atoms with Gasteiger partial charge in [0.05, 0.1) is 7.11 Å². The fourth-order valence-electron chi connectivity index (χ4n) is 2.20. The first-order valence-electron chi connectivity index (χ1n) is 6.44. The number of halogens is 1. The second-order valence-corrected chi connectivity index (χ2v) is 6.00. The number of benzene rings is 2. The molecule has 0 saturated heterocycles. The van der Waals surface area contributed by atoms with Crippen molar-refractivity contribution in [2.24, 2.45) is 0 Å². The van der Waals surface area contributed by atoms with Gasteiger partial charge in [-0.25, -0.2) is 0 Å². The molecule has 2 heteroatoms. The van der Waals surface area contributed by atoms with Crippen LogP contribution >= 0.6 is 15.9 Å². The average molecular weight is 319 g/mol. The number of hydrogen-bond donors (Lipinski definition) is 0. The number of ether oxygens (including phenoxy) is 1. The van der Waals surface area contributed by atoms with Gasteiger partial charge in [0.1, 0.15) is 5.75 Å². The van der Waals surface area contributed by atoms with E-state index in [1.54, 1.807) is 7.11 Å². The number of aryl methyl sites for hydroxylation is 2. The smallest absolute Gasteiger partial charge is 0.122 e. The van der Waals surface area contributed by atoms with Gasteiger partial charge < -0.3 is 4.74 Å². The largest absolute Gasteiger partial charge is 0.496 e. The zero-order chi connectivity index (χ0) is 13.8. The Morgan fingerprint density at radius 3 is 2.58 bits per heavy atom. The number of methoxy groups -OCH3 is 1. The van der Waals surface area contributed by atoms with Crippen molar-refractivity contribution in [3.05, 3.63) is 64.7 Å². The van der Waals surface area contributed by atoms with Crippen molar-refractivity contribution in [1.29, 1.82) is 0 Å². The van der Waals surface area contributed by atoms with Gasteiger partial charge in [-0.15, -0.1) is 0 Å². The molecule has 2 rings (SSSR count). The van der Waals surface area contributed by atoms with Gasteiger partial charge in [-0.1, -0.05) is 57.9 Å². The van der Waals surface area contributed by atoms with Crippen LogP contribution in [0.3, 0.4) is 0 Å². The van der Waals surface area contributed by atoms with Crippen molar-refractivity contribution >= 4 is 15.9 Å². The van der Waals surface area contributed by atoms with Crippen LogP contribution in [0.15, 0.2) is 42.5 Å². The maximum absolute atomic E-state index is 5.38. The van der Waals surface area contributed by atoms with Crippen LogP contribution in [0.1, 0.15) is 27.1 Å². The second-order valence-electron chi connectivity index (χ2n) is 4.89. The molecule has 0 fully saturated rings. The minimum atomic E-state index is 0.309. The molecule has 0 saturated carbocycles. The van der Waals surface area contributed by atoms with E-state index < -0.39 is 0 Å². The van der Waals surface area contributed by atoms with Crippen LogP contribution in [-0.4, -0.2) is 7.11 Å². The molecule has 1 unspecified atom stereocenters. The third kappa shape index (κ3) is 3.60. The van der Waals surface area contributed by atoms with E-state index in [0.29, 0.717) is 4.83 Å². The van der Waals surface area contributed by atoms with E-state index in [0.717, 1.165) is 12.2 Å². The Balaban J connectivity index is 2.18. The predicted molar refractivity (Wildman–Crippen MR) is 84.3 cm³/mol. The molecule has 1 nitrogen and oxygen atoms in total. The van der Waals surface area contributed by atoms with E-state index in [1.165, 1.54) is 22.3 Å². The summed E-state index contributed by atoms with van der Waals surface area (Å²) in [7, 11) is 1.72. The Hall–Kier alpha value is -1.28. The first-order valence-corrected chi connectivity index (χ1v) is 7.36. The summed E-state index contributed by atoms with van der Waals surface area (Å²) in [4.78, 5) is 0.309. The summed E-state index contributed by atoms with van der Waals surface area (Å²) >= 11 is 3.78. The number of hydrogen-bond acceptors (Lipinski definition) is 1. The lowest BCUT2D eigenvalue weighted by atomic mass is 10.0. The molecule has 0 bridgehead atoms. The molecule has 2 aromatic rings. The van der Waals surface area contributed by atoms with Crippen LogP contribution in [0, 0.1) is 13.8 Å². The standard InChI is InChI=1S/C17H19BrO/c1-12-5-4-6-14(9-12)10-16(18)15-8-7-13(2)17(11-15)19-3/h4-9,11,16H,10H2,1-3H3. The van der Waals surface area contributed by atoms with Gasteiger partial charge in [0.2, 0.25) is 0 Å². The summed E-state index contributed by atoms with van der Waals surface area (Å²) in [6, 6.07) is 15.0. The predicted octanol–water partition coefficient (Wildman–Crippen LogP) is 4.99. The Kier molecular flexibility index (Phi) is 4.65. The van der Waals surface area contributed by atoms with Crippen molar-refractivity contribution in [3.8, 4) is 5.75 Å². The molecule has 0 amide bonds. The minimum Gasteiger partial charge on any atom is -0.496 e. The molecule has 0 aliphatic rings. The molecule has 0 heterocycles. The lowest BCUT2D eigenvalue weighted by Gasteiger charge is -2.13. The number of alkyl halides is 1. The van der Waals surface area contributed by atoms with E-state index in [-0.39, 0.29) is 0 Å². The highest BCUT2D eigenvalue weighted by Crippen LogP contribution is 2.31. The molecule has 1 atom stereocenters. The first-order chi connectivity index (χ1) is 9.10. The monoisotopic (exact) mass is 318 g/mol. The molecule has 0 radical (unpaired) electrons. The van der Waals surface area contributed by atoms with Crippen LogP contribution in [0.25, 0.3) is 0 Å². The summed E-state index contributed by atoms with van der Waals surface area (Å²) in [6.07, 6.45) is 0.980. The second kappa shape index (κ2) is 6.25. The lowest BCUT2D eigenvalue weighted by Crippen LogP contribution is -1.97. The molecular formula is C17H19BrO. The van der Waals surface area contributed by atoms with Gasteiger partial charge in [-0.2, -0.15) is 0 Å². The van der Waals surface area contributed by atoms with Gasteiger partial charge in [-0.3, -0.25) is 0 Å². The first kappa shape index (κ1) is 14.1. The summed E-state index contributed by atoms with van der Waals surface area (Å²) in [5.74, 6) is 0.950. The Labute approximate surface area is 123 Å². The summed E-state index contributed by atoms with van der Waals surface area (Å²) in [5, 5.41) is 0. The van der Waals surface area contributed by atoms with E-state index in [2.05, 4.69) is 72.2 Å². The van der Waals surface area contributed by atoms with Crippen LogP contribution in [0.4, 0.5) is 0 Å². The highest BCUT2D eigenvalue weighted by atomic mass is 79.9. The average Bonchev–Trinajstić information content (AvgIpc) is 2.39. The van der Waals surface area contributed by atoms with Crippen molar-refractivity contribution in [2.75, 3.05) is 7.11 Å². The van der Waals surface area contributed by atoms with E-state index in [1.807, 2.05) is 0 Å². The Morgan fingerprint density at radius 1 is 1.11 bits per heavy atom. The van der Waals surface area contributed by atoms with Gasteiger partial charge in [0, 0.05) is 4.83 Å². The third-order valence-corrected chi connectivity index (χ3v) is 4.14. The Bertz CT molecular complexity index is 563. The van der Waals surface area contributed by atoms with Crippen LogP contribution in [-0.2, 0) is 6.42 Å². The Morgan fingerprint density at radius 2 is 1.89 bits per heavy atom. The fourth-order valence-corrected chi connectivity index (χ4v) is 2.85. The van der Waals surface area contributed by atoms with Crippen LogP contribution < -0.4 is 4.74 Å². The molecule has 100 valence electrons. The molecular weight excluding hydrogens is 300 g/mol. The zero-order valence-corrected chi connectivity index (χ0v) is 13.2. The maximum atomic E-state index is 5.38. The molecule has 19 heavy (non-hydrogen) atoms. The normalized spacial score (nSPS) is 12.2. The molecule has 2 aromatic carbocycles. The zero-order valence-electron chi connectivity index (χ0n) is 11.6. The molecule has 0 aliphatic heterocycles. The SMILES string of the molecule is COc1cc(C(Br)Cc2cccc(C)c2)ccc1C. The van der Waals surface area contributed by atoms with E-state index >= 15 is 0 Å². The molecule has 0 aliphatic carbocycles. The lowest BCUT2D eigenvalue weighted by molar-refractivity contribution is 0.411. The molecule has 0 spiro atoms. The van der Waals surface area contributed by atoms with Gasteiger partial charge >= 0.3 is 0 Å². The quantitative estimate of drug-likeness (QED) is 0.721. The minimum absolute atomic E-state index is 0.309. The van der Waals surface area contributed by atoms with Crippen LogP contribution in [0.2, 0.25) is 0 Å². The van der Waals surface area contributed by atoms with Crippen molar-refractivity contribution in [1.82, 2.24) is 0 Å². The fraction of sp³-hybridized carbons (Fsp3) is 0.294. The molecule has 0 aromatic heterocycles. The van der Waals surface area contributed by atoms with Crippen molar-refractivity contribution in [2.45, 2.75) is 25.1 Å². The molecule has 0 N–H and O–H groups in total. The van der Waals surface area contributed by atoms with E-state index in [9.17, 15) is 0 Å². The summed E-state index contributed by atoms with van der Waals surface area (Å²) in [5.41, 5.74) is 5.07. The van der Waals surface area contributed by atoms with Crippen molar-refractivity contribution < 1.29 is 4.74 Å². The van der Waals surface area contributed by atoms with Crippen molar-refractivity contribution in [3.63, 3.8) is 0 Å². The third-order valence-electron chi connectivity index (χ3n) is 3.29. The van der Waals surface area contributed by atoms with Crippen LogP contribution in [0.5, 0.6) is 5.75 Å². The summed E-state index contributed by atoms with van der Waals surface area (Å²) in [6.45, 7) is 4.19.